The quantitative estimate of drug-likeness (QED) is 0.854. The van der Waals surface area contributed by atoms with E-state index in [4.69, 9.17) is 0 Å². The van der Waals surface area contributed by atoms with Gasteiger partial charge in [0.05, 0.1) is 12.1 Å². The highest BCUT2D eigenvalue weighted by molar-refractivity contribution is 5.98. The number of amides is 2. The molecule has 0 saturated carbocycles. The Labute approximate surface area is 143 Å². The van der Waals surface area contributed by atoms with Crippen LogP contribution in [0.2, 0.25) is 0 Å². The van der Waals surface area contributed by atoms with E-state index in [9.17, 15) is 9.59 Å². The predicted molar refractivity (Wildman–Crippen MR) is 91.1 cm³/mol. The van der Waals surface area contributed by atoms with Crippen LogP contribution in [-0.2, 0) is 16.1 Å². The van der Waals surface area contributed by atoms with Gasteiger partial charge >= 0.3 is 0 Å². The minimum Gasteiger partial charge on any atom is -0.333 e. The molecule has 1 N–H and O–H groups in total. The second-order valence-electron chi connectivity index (χ2n) is 7.83. The van der Waals surface area contributed by atoms with Crippen molar-refractivity contribution < 1.29 is 9.59 Å². The van der Waals surface area contributed by atoms with Gasteiger partial charge in [0, 0.05) is 25.6 Å². The van der Waals surface area contributed by atoms with Gasteiger partial charge < -0.3 is 15.1 Å². The van der Waals surface area contributed by atoms with E-state index in [0.29, 0.717) is 13.1 Å². The summed E-state index contributed by atoms with van der Waals surface area (Å²) in [6.07, 6.45) is 1.74. The summed E-state index contributed by atoms with van der Waals surface area (Å²) >= 11 is 0. The molecule has 1 aromatic rings. The van der Waals surface area contributed by atoms with Crippen LogP contribution < -0.4 is 5.32 Å². The maximum absolute atomic E-state index is 13.1. The summed E-state index contributed by atoms with van der Waals surface area (Å²) in [5, 5.41) is 3.30. The van der Waals surface area contributed by atoms with Crippen molar-refractivity contribution >= 4 is 11.8 Å². The van der Waals surface area contributed by atoms with E-state index < -0.39 is 5.54 Å². The van der Waals surface area contributed by atoms with Gasteiger partial charge in [0.1, 0.15) is 5.54 Å². The van der Waals surface area contributed by atoms with E-state index >= 15 is 0 Å². The molecule has 1 aromatic carbocycles. The van der Waals surface area contributed by atoms with E-state index in [1.807, 2.05) is 54.0 Å². The van der Waals surface area contributed by atoms with E-state index in [0.717, 1.165) is 31.5 Å². The summed E-state index contributed by atoms with van der Waals surface area (Å²) in [5.41, 5.74) is 0.425. The van der Waals surface area contributed by atoms with Crippen LogP contribution in [0.5, 0.6) is 0 Å². The van der Waals surface area contributed by atoms with E-state index in [1.165, 1.54) is 0 Å². The molecule has 3 aliphatic heterocycles. The lowest BCUT2D eigenvalue weighted by molar-refractivity contribution is -0.177. The van der Waals surface area contributed by atoms with Crippen molar-refractivity contribution in [1.82, 2.24) is 15.1 Å². The van der Waals surface area contributed by atoms with Gasteiger partial charge in [0.25, 0.3) is 5.91 Å². The lowest BCUT2D eigenvalue weighted by Crippen LogP contribution is -2.79. The van der Waals surface area contributed by atoms with Gasteiger partial charge in [-0.1, -0.05) is 44.2 Å². The number of carbonyl (C=O) groups excluding carboxylic acids is 2. The topological polar surface area (TPSA) is 52.7 Å². The molecule has 5 heteroatoms. The number of nitrogens with one attached hydrogen (secondary N) is 1. The standard InChI is InChI=1S/C19H25N3O2/c1-14(2)16(23)22-18(11-20-12-18)8-9-19(22)13-21(17(19)24)10-15-6-4-3-5-7-15/h3-7,14,20H,8-13H2,1-2H3. The summed E-state index contributed by atoms with van der Waals surface area (Å²) in [5.74, 6) is 0.180. The zero-order valence-corrected chi connectivity index (χ0v) is 14.4. The van der Waals surface area contributed by atoms with Crippen molar-refractivity contribution in [3.8, 4) is 0 Å². The van der Waals surface area contributed by atoms with Crippen molar-refractivity contribution in [2.75, 3.05) is 19.6 Å². The second-order valence-corrected chi connectivity index (χ2v) is 7.83. The monoisotopic (exact) mass is 327 g/mol. The highest BCUT2D eigenvalue weighted by Crippen LogP contribution is 2.49. The molecule has 128 valence electrons. The van der Waals surface area contributed by atoms with Gasteiger partial charge in [-0.15, -0.1) is 0 Å². The smallest absolute Gasteiger partial charge is 0.250 e. The molecule has 1 unspecified atom stereocenters. The normalized spacial score (nSPS) is 27.7. The van der Waals surface area contributed by atoms with Crippen LogP contribution in [0.3, 0.4) is 0 Å². The average molecular weight is 327 g/mol. The van der Waals surface area contributed by atoms with Crippen molar-refractivity contribution in [2.45, 2.75) is 44.3 Å². The molecular formula is C19H25N3O2. The van der Waals surface area contributed by atoms with Crippen LogP contribution in [0.15, 0.2) is 30.3 Å². The minimum absolute atomic E-state index is 0.0755. The number of rotatable bonds is 3. The molecule has 5 nitrogen and oxygen atoms in total. The summed E-state index contributed by atoms with van der Waals surface area (Å²) < 4.78 is 0. The summed E-state index contributed by atoms with van der Waals surface area (Å²) in [4.78, 5) is 29.8. The Kier molecular flexibility index (Phi) is 3.46. The molecule has 2 spiro atoms. The number of β-lactam (4-membered cyclic amide) rings is 1. The fourth-order valence-electron chi connectivity index (χ4n) is 4.51. The lowest BCUT2D eigenvalue weighted by Gasteiger charge is -2.57. The molecule has 3 saturated heterocycles. The molecule has 1 atom stereocenters. The van der Waals surface area contributed by atoms with Gasteiger partial charge in [-0.05, 0) is 18.4 Å². The van der Waals surface area contributed by atoms with Gasteiger partial charge in [-0.2, -0.15) is 0 Å². The van der Waals surface area contributed by atoms with E-state index in [2.05, 4.69) is 5.32 Å². The number of nitrogens with zero attached hydrogens (tertiary/aromatic N) is 2. The number of hydrogen-bond acceptors (Lipinski definition) is 3. The molecular weight excluding hydrogens is 302 g/mol. The third-order valence-electron chi connectivity index (χ3n) is 5.88. The Morgan fingerprint density at radius 2 is 1.92 bits per heavy atom. The molecule has 2 amide bonds. The average Bonchev–Trinajstić information content (AvgIpc) is 2.92. The molecule has 3 fully saturated rings. The van der Waals surface area contributed by atoms with E-state index in [1.54, 1.807) is 0 Å². The van der Waals surface area contributed by atoms with Crippen molar-refractivity contribution in [3.05, 3.63) is 35.9 Å². The summed E-state index contributed by atoms with van der Waals surface area (Å²) in [7, 11) is 0. The highest BCUT2D eigenvalue weighted by Gasteiger charge is 2.68. The van der Waals surface area contributed by atoms with Gasteiger partial charge in [0.15, 0.2) is 0 Å². The molecule has 0 aliphatic carbocycles. The molecule has 0 radical (unpaired) electrons. The van der Waals surface area contributed by atoms with Crippen molar-refractivity contribution in [2.24, 2.45) is 5.92 Å². The Balaban J connectivity index is 1.57. The molecule has 0 aromatic heterocycles. The number of likely N-dealkylation sites (tertiary alicyclic amines) is 2. The van der Waals surface area contributed by atoms with Crippen molar-refractivity contribution in [1.29, 1.82) is 0 Å². The maximum atomic E-state index is 13.1. The van der Waals surface area contributed by atoms with Gasteiger partial charge in [-0.25, -0.2) is 0 Å². The van der Waals surface area contributed by atoms with Crippen LogP contribution >= 0.6 is 0 Å². The second kappa shape index (κ2) is 5.31. The molecule has 3 aliphatic rings. The maximum Gasteiger partial charge on any atom is 0.250 e. The summed E-state index contributed by atoms with van der Waals surface area (Å²) in [6.45, 7) is 6.80. The predicted octanol–water partition coefficient (Wildman–Crippen LogP) is 1.39. The fraction of sp³-hybridized carbons (Fsp3) is 0.579. The molecule has 3 heterocycles. The molecule has 0 bridgehead atoms. The zero-order chi connectivity index (χ0) is 16.9. The minimum atomic E-state index is -0.585. The zero-order valence-electron chi connectivity index (χ0n) is 14.4. The Hall–Kier alpha value is -1.88. The van der Waals surface area contributed by atoms with Crippen LogP contribution in [0, 0.1) is 5.92 Å². The number of benzene rings is 1. The first kappa shape index (κ1) is 15.6. The van der Waals surface area contributed by atoms with Crippen LogP contribution in [0.25, 0.3) is 0 Å². The Morgan fingerprint density at radius 1 is 1.21 bits per heavy atom. The van der Waals surface area contributed by atoms with Crippen LogP contribution in [0.4, 0.5) is 0 Å². The third kappa shape index (κ3) is 2.04. The molecule has 24 heavy (non-hydrogen) atoms. The van der Waals surface area contributed by atoms with Crippen LogP contribution in [0.1, 0.15) is 32.3 Å². The fourth-order valence-corrected chi connectivity index (χ4v) is 4.51. The summed E-state index contributed by atoms with van der Waals surface area (Å²) in [6, 6.07) is 10.1. The largest absolute Gasteiger partial charge is 0.333 e. The Bertz CT molecular complexity index is 668. The van der Waals surface area contributed by atoms with Crippen molar-refractivity contribution in [3.63, 3.8) is 0 Å². The SMILES string of the molecule is CC(C)C(=O)N1C2(CCC13CN(Cc1ccccc1)C3=O)CNC2. The first-order valence-electron chi connectivity index (χ1n) is 8.87. The first-order valence-corrected chi connectivity index (χ1v) is 8.87. The number of carbonyl (C=O) groups is 2. The third-order valence-corrected chi connectivity index (χ3v) is 5.88. The first-order chi connectivity index (χ1) is 11.5. The Morgan fingerprint density at radius 3 is 2.46 bits per heavy atom. The van der Waals surface area contributed by atoms with Gasteiger partial charge in [0.2, 0.25) is 5.91 Å². The van der Waals surface area contributed by atoms with E-state index in [-0.39, 0.29) is 23.3 Å². The van der Waals surface area contributed by atoms with Gasteiger partial charge in [-0.3, -0.25) is 9.59 Å². The number of hydrogen-bond donors (Lipinski definition) is 1. The molecule has 4 rings (SSSR count). The van der Waals surface area contributed by atoms with Crippen LogP contribution in [-0.4, -0.2) is 52.3 Å². The highest BCUT2D eigenvalue weighted by atomic mass is 16.2. The lowest BCUT2D eigenvalue weighted by atomic mass is 9.84.